The number of fused-ring (bicyclic) bond motifs is 1. The van der Waals surface area contributed by atoms with Gasteiger partial charge in [-0.25, -0.2) is 4.68 Å². The normalized spacial score (nSPS) is 19.7. The van der Waals surface area contributed by atoms with Crippen molar-refractivity contribution in [1.29, 1.82) is 0 Å². The molecule has 1 atom stereocenters. The van der Waals surface area contributed by atoms with Gasteiger partial charge < -0.3 is 5.32 Å². The molecule has 1 fully saturated rings. The molecule has 0 bridgehead atoms. The summed E-state index contributed by atoms with van der Waals surface area (Å²) >= 11 is 0. The molecule has 2 aromatic rings. The van der Waals surface area contributed by atoms with E-state index in [0.29, 0.717) is 18.8 Å². The summed E-state index contributed by atoms with van der Waals surface area (Å²) in [6.45, 7) is 2.97. The van der Waals surface area contributed by atoms with Crippen LogP contribution in [0.4, 0.5) is 0 Å². The first-order valence-electron chi connectivity index (χ1n) is 10.7. The number of rotatable bonds is 6. The van der Waals surface area contributed by atoms with Crippen LogP contribution >= 0.6 is 0 Å². The Morgan fingerprint density at radius 3 is 2.90 bits per heavy atom. The molecular formula is C21H30N6O2. The van der Waals surface area contributed by atoms with E-state index in [9.17, 15) is 9.59 Å². The lowest BCUT2D eigenvalue weighted by Crippen LogP contribution is -2.48. The highest BCUT2D eigenvalue weighted by Gasteiger charge is 2.24. The Balaban J connectivity index is 1.36. The first kappa shape index (κ1) is 19.8. The highest BCUT2D eigenvalue weighted by Crippen LogP contribution is 2.18. The van der Waals surface area contributed by atoms with Gasteiger partial charge >= 0.3 is 0 Å². The van der Waals surface area contributed by atoms with E-state index >= 15 is 0 Å². The predicted molar refractivity (Wildman–Crippen MR) is 110 cm³/mol. The van der Waals surface area contributed by atoms with Crippen molar-refractivity contribution >= 4 is 5.91 Å². The molecule has 2 aromatic heterocycles. The quantitative estimate of drug-likeness (QED) is 0.789. The number of hydrogen-bond acceptors (Lipinski definition) is 5. The fourth-order valence-corrected chi connectivity index (χ4v) is 4.47. The topological polar surface area (TPSA) is 85.1 Å². The molecule has 0 aromatic carbocycles. The van der Waals surface area contributed by atoms with Crippen molar-refractivity contribution in [3.05, 3.63) is 45.6 Å². The minimum absolute atomic E-state index is 0.00344. The van der Waals surface area contributed by atoms with Crippen LogP contribution in [0.1, 0.15) is 53.8 Å². The van der Waals surface area contributed by atoms with Gasteiger partial charge in [-0.3, -0.25) is 19.2 Å². The monoisotopic (exact) mass is 398 g/mol. The van der Waals surface area contributed by atoms with E-state index in [4.69, 9.17) is 0 Å². The smallest absolute Gasteiger partial charge is 0.269 e. The van der Waals surface area contributed by atoms with Gasteiger partial charge in [0.05, 0.1) is 12.2 Å². The predicted octanol–water partition coefficient (Wildman–Crippen LogP) is 1.14. The highest BCUT2D eigenvalue weighted by molar-refractivity contribution is 5.92. The van der Waals surface area contributed by atoms with E-state index in [2.05, 4.69) is 20.4 Å². The standard InChI is InChI=1S/C21H30N6O2/c1-25-19(9-10-23-25)21(29)22-15-17-7-4-5-11-26(17)12-13-27-20(28)14-16-6-2-3-8-18(16)24-27/h9-10,14,17H,2-8,11-13,15H2,1H3,(H,22,29). The van der Waals surface area contributed by atoms with Gasteiger partial charge in [0.25, 0.3) is 11.5 Å². The number of amides is 1. The Morgan fingerprint density at radius 1 is 1.21 bits per heavy atom. The van der Waals surface area contributed by atoms with Gasteiger partial charge in [-0.1, -0.05) is 6.42 Å². The van der Waals surface area contributed by atoms with E-state index in [0.717, 1.165) is 62.9 Å². The maximum Gasteiger partial charge on any atom is 0.269 e. The van der Waals surface area contributed by atoms with Gasteiger partial charge in [-0.15, -0.1) is 0 Å². The average Bonchev–Trinajstić information content (AvgIpc) is 3.17. The molecule has 156 valence electrons. The number of likely N-dealkylation sites (tertiary alicyclic amines) is 1. The van der Waals surface area contributed by atoms with Gasteiger partial charge in [0.1, 0.15) is 5.69 Å². The second-order valence-electron chi connectivity index (χ2n) is 8.12. The molecule has 4 rings (SSSR count). The van der Waals surface area contributed by atoms with Crippen molar-refractivity contribution in [2.45, 2.75) is 57.5 Å². The largest absolute Gasteiger partial charge is 0.349 e. The van der Waals surface area contributed by atoms with Crippen molar-refractivity contribution in [3.8, 4) is 0 Å². The van der Waals surface area contributed by atoms with Crippen LogP contribution in [0.2, 0.25) is 0 Å². The lowest BCUT2D eigenvalue weighted by molar-refractivity contribution is 0.0900. The van der Waals surface area contributed by atoms with E-state index < -0.39 is 0 Å². The number of carbonyl (C=O) groups is 1. The van der Waals surface area contributed by atoms with Crippen LogP contribution in [0.25, 0.3) is 0 Å². The summed E-state index contributed by atoms with van der Waals surface area (Å²) in [4.78, 5) is 27.2. The van der Waals surface area contributed by atoms with Gasteiger partial charge in [-0.05, 0) is 56.7 Å². The fourth-order valence-electron chi connectivity index (χ4n) is 4.47. The van der Waals surface area contributed by atoms with Crippen LogP contribution < -0.4 is 10.9 Å². The molecule has 1 aliphatic carbocycles. The highest BCUT2D eigenvalue weighted by atomic mass is 16.2. The zero-order valence-electron chi connectivity index (χ0n) is 17.1. The zero-order valence-corrected chi connectivity index (χ0v) is 17.1. The molecule has 3 heterocycles. The van der Waals surface area contributed by atoms with Crippen molar-refractivity contribution in [2.75, 3.05) is 19.6 Å². The van der Waals surface area contributed by atoms with Crippen LogP contribution in [0.3, 0.4) is 0 Å². The summed E-state index contributed by atoms with van der Waals surface area (Å²) in [6, 6.07) is 3.79. The summed E-state index contributed by atoms with van der Waals surface area (Å²) in [5, 5.41) is 11.7. The van der Waals surface area contributed by atoms with E-state index in [1.54, 1.807) is 34.7 Å². The minimum Gasteiger partial charge on any atom is -0.349 e. The Morgan fingerprint density at radius 2 is 2.07 bits per heavy atom. The minimum atomic E-state index is -0.0944. The second-order valence-corrected chi connectivity index (χ2v) is 8.12. The second kappa shape index (κ2) is 8.90. The summed E-state index contributed by atoms with van der Waals surface area (Å²) < 4.78 is 3.21. The van der Waals surface area contributed by atoms with Gasteiger partial charge in [0.15, 0.2) is 0 Å². The first-order valence-corrected chi connectivity index (χ1v) is 10.7. The van der Waals surface area contributed by atoms with Crippen LogP contribution in [0.5, 0.6) is 0 Å². The number of carbonyl (C=O) groups excluding carboxylic acids is 1. The van der Waals surface area contributed by atoms with Crippen LogP contribution in [0.15, 0.2) is 23.1 Å². The molecule has 0 saturated carbocycles. The molecule has 2 aliphatic rings. The third-order valence-electron chi connectivity index (χ3n) is 6.17. The van der Waals surface area contributed by atoms with Gasteiger partial charge in [0.2, 0.25) is 0 Å². The number of nitrogens with zero attached hydrogens (tertiary/aromatic N) is 5. The van der Waals surface area contributed by atoms with Crippen LogP contribution in [0, 0.1) is 0 Å². The summed E-state index contributed by atoms with van der Waals surface area (Å²) in [5.41, 5.74) is 2.79. The maximum atomic E-state index is 12.4. The van der Waals surface area contributed by atoms with Crippen LogP contribution in [-0.2, 0) is 26.4 Å². The average molecular weight is 399 g/mol. The fraction of sp³-hybridized carbons (Fsp3) is 0.619. The van der Waals surface area contributed by atoms with Crippen molar-refractivity contribution in [2.24, 2.45) is 7.05 Å². The molecule has 29 heavy (non-hydrogen) atoms. The SMILES string of the molecule is Cn1nccc1C(=O)NCC1CCCCN1CCn1nc2c(cc1=O)CCCC2. The third kappa shape index (κ3) is 4.58. The van der Waals surface area contributed by atoms with Gasteiger partial charge in [-0.2, -0.15) is 10.2 Å². The number of hydrogen-bond donors (Lipinski definition) is 1. The van der Waals surface area contributed by atoms with Crippen molar-refractivity contribution < 1.29 is 4.79 Å². The van der Waals surface area contributed by atoms with Crippen molar-refractivity contribution in [3.63, 3.8) is 0 Å². The lowest BCUT2D eigenvalue weighted by atomic mass is 9.97. The Labute approximate surface area is 170 Å². The number of aryl methyl sites for hydroxylation is 3. The van der Waals surface area contributed by atoms with Crippen LogP contribution in [-0.4, -0.2) is 56.0 Å². The van der Waals surface area contributed by atoms with Crippen molar-refractivity contribution in [1.82, 2.24) is 29.8 Å². The Bertz CT molecular complexity index is 918. The molecule has 1 N–H and O–H groups in total. The van der Waals surface area contributed by atoms with Gasteiger partial charge in [0, 0.05) is 38.4 Å². The molecule has 8 heteroatoms. The molecule has 1 amide bonds. The molecular weight excluding hydrogens is 368 g/mol. The molecule has 8 nitrogen and oxygen atoms in total. The molecule has 0 radical (unpaired) electrons. The number of nitrogens with one attached hydrogen (secondary N) is 1. The number of piperidine rings is 1. The zero-order chi connectivity index (χ0) is 20.2. The molecule has 0 spiro atoms. The van der Waals surface area contributed by atoms with E-state index in [1.165, 1.54) is 6.42 Å². The first-order chi connectivity index (χ1) is 14.1. The third-order valence-corrected chi connectivity index (χ3v) is 6.17. The Hall–Kier alpha value is -2.48. The molecule has 1 aliphatic heterocycles. The summed E-state index contributed by atoms with van der Waals surface area (Å²) in [5.74, 6) is -0.0944. The number of aromatic nitrogens is 4. The lowest BCUT2D eigenvalue weighted by Gasteiger charge is -2.35. The molecule has 1 unspecified atom stereocenters. The van der Waals surface area contributed by atoms with E-state index in [1.807, 2.05) is 0 Å². The Kier molecular flexibility index (Phi) is 6.08. The van der Waals surface area contributed by atoms with E-state index in [-0.39, 0.29) is 17.5 Å². The maximum absolute atomic E-state index is 12.4. The molecule has 1 saturated heterocycles. The summed E-state index contributed by atoms with van der Waals surface area (Å²) in [6.07, 6.45) is 9.26. The summed E-state index contributed by atoms with van der Waals surface area (Å²) in [7, 11) is 1.77.